The first-order chi connectivity index (χ1) is 15.8. The Morgan fingerprint density at radius 2 is 1.72 bits per heavy atom. The van der Waals surface area contributed by atoms with Crippen LogP contribution in [0.1, 0.15) is 22.6 Å². The molecule has 0 atom stereocenters. The predicted molar refractivity (Wildman–Crippen MR) is 125 cm³/mol. The Morgan fingerprint density at radius 3 is 2.62 bits per heavy atom. The van der Waals surface area contributed by atoms with Crippen LogP contribution in [0.4, 0.5) is 5.69 Å². The molecule has 2 aromatic heterocycles. The van der Waals surface area contributed by atoms with Crippen LogP contribution in [0.5, 0.6) is 0 Å². The van der Waals surface area contributed by atoms with Crippen LogP contribution in [0.3, 0.4) is 0 Å². The van der Waals surface area contributed by atoms with Gasteiger partial charge in [0.25, 0.3) is 0 Å². The van der Waals surface area contributed by atoms with Gasteiger partial charge in [0, 0.05) is 55.9 Å². The van der Waals surface area contributed by atoms with E-state index >= 15 is 0 Å². The van der Waals surface area contributed by atoms with E-state index in [1.54, 1.807) is 0 Å². The van der Waals surface area contributed by atoms with E-state index in [9.17, 15) is 0 Å². The van der Waals surface area contributed by atoms with E-state index in [4.69, 9.17) is 4.98 Å². The zero-order valence-electron chi connectivity index (χ0n) is 18.4. The van der Waals surface area contributed by atoms with Gasteiger partial charge in [-0.3, -0.25) is 9.88 Å². The highest BCUT2D eigenvalue weighted by Crippen LogP contribution is 2.28. The summed E-state index contributed by atoms with van der Waals surface area (Å²) in [5, 5.41) is 13.4. The molecule has 7 nitrogen and oxygen atoms in total. The molecule has 0 aliphatic carbocycles. The van der Waals surface area contributed by atoms with Crippen molar-refractivity contribution in [3.8, 4) is 5.69 Å². The van der Waals surface area contributed by atoms with E-state index < -0.39 is 0 Å². The number of fused-ring (bicyclic) bond motifs is 4. The summed E-state index contributed by atoms with van der Waals surface area (Å²) in [6, 6.07) is 17.4. The van der Waals surface area contributed by atoms with Gasteiger partial charge < -0.3 is 4.90 Å². The maximum absolute atomic E-state index is 4.70. The minimum atomic E-state index is 0.912. The first-order valence-corrected chi connectivity index (χ1v) is 11.5. The number of pyridine rings is 1. The lowest BCUT2D eigenvalue weighted by molar-refractivity contribution is 0.261. The molecule has 2 aromatic carbocycles. The third kappa shape index (κ3) is 3.42. The average Bonchev–Trinajstić information content (AvgIpc) is 3.32. The SMILES string of the molecule is Cc1ccc2c(N3CCN(CCc4cccc5c4CCc4nnnn4-5)CC3)cccc2n1. The second-order valence-electron chi connectivity index (χ2n) is 8.80. The monoisotopic (exact) mass is 425 g/mol. The highest BCUT2D eigenvalue weighted by Gasteiger charge is 2.22. The van der Waals surface area contributed by atoms with Crippen LogP contribution in [-0.4, -0.2) is 62.8 Å². The van der Waals surface area contributed by atoms with Crippen molar-refractivity contribution in [1.29, 1.82) is 0 Å². The number of rotatable bonds is 4. The van der Waals surface area contributed by atoms with Crippen molar-refractivity contribution >= 4 is 16.6 Å². The lowest BCUT2D eigenvalue weighted by atomic mass is 9.95. The molecule has 1 saturated heterocycles. The number of aryl methyl sites for hydroxylation is 2. The second-order valence-corrected chi connectivity index (χ2v) is 8.80. The lowest BCUT2D eigenvalue weighted by Gasteiger charge is -2.36. The quantitative estimate of drug-likeness (QED) is 0.501. The van der Waals surface area contributed by atoms with Gasteiger partial charge >= 0.3 is 0 Å². The Hall–Kier alpha value is -3.32. The Balaban J connectivity index is 1.13. The highest BCUT2D eigenvalue weighted by atomic mass is 15.5. The largest absolute Gasteiger partial charge is 0.368 e. The number of tetrazole rings is 1. The van der Waals surface area contributed by atoms with Crippen LogP contribution in [-0.2, 0) is 19.3 Å². The van der Waals surface area contributed by atoms with E-state index in [0.717, 1.165) is 74.7 Å². The van der Waals surface area contributed by atoms with Gasteiger partial charge in [0.2, 0.25) is 0 Å². The van der Waals surface area contributed by atoms with E-state index in [-0.39, 0.29) is 0 Å². The molecule has 2 aliphatic rings. The fourth-order valence-electron chi connectivity index (χ4n) is 5.14. The molecule has 2 aliphatic heterocycles. The molecule has 1 fully saturated rings. The van der Waals surface area contributed by atoms with Crippen LogP contribution in [0.25, 0.3) is 16.6 Å². The fraction of sp³-hybridized carbons (Fsp3) is 0.360. The molecule has 0 spiro atoms. The van der Waals surface area contributed by atoms with Crippen LogP contribution < -0.4 is 4.90 Å². The number of hydrogen-bond acceptors (Lipinski definition) is 6. The van der Waals surface area contributed by atoms with E-state index in [0.29, 0.717) is 0 Å². The molecule has 32 heavy (non-hydrogen) atoms. The number of benzene rings is 2. The Labute approximate surface area is 187 Å². The summed E-state index contributed by atoms with van der Waals surface area (Å²) in [6.07, 6.45) is 3.00. The van der Waals surface area contributed by atoms with Crippen LogP contribution in [0.15, 0.2) is 48.5 Å². The van der Waals surface area contributed by atoms with Crippen molar-refractivity contribution in [3.05, 3.63) is 71.2 Å². The van der Waals surface area contributed by atoms with Crippen LogP contribution in [0.2, 0.25) is 0 Å². The zero-order chi connectivity index (χ0) is 21.5. The van der Waals surface area contributed by atoms with Gasteiger partial charge in [-0.05, 0) is 71.7 Å². The Bertz CT molecular complexity index is 1270. The fourth-order valence-corrected chi connectivity index (χ4v) is 5.14. The standard InChI is InChI=1S/C25H27N7/c1-18-8-9-21-22(26-18)5-3-6-23(21)31-16-14-30(15-17-31)13-12-19-4-2-7-24-20(19)10-11-25-27-28-29-32(24)25/h2-9H,10-17H2,1H3. The molecular formula is C25H27N7. The number of aromatic nitrogens is 5. The summed E-state index contributed by atoms with van der Waals surface area (Å²) < 4.78 is 1.90. The second kappa shape index (κ2) is 7.98. The average molecular weight is 426 g/mol. The van der Waals surface area contributed by atoms with Gasteiger partial charge in [0.15, 0.2) is 5.82 Å². The summed E-state index contributed by atoms with van der Waals surface area (Å²) in [5.74, 6) is 0.963. The van der Waals surface area contributed by atoms with Gasteiger partial charge in [-0.25, -0.2) is 0 Å². The van der Waals surface area contributed by atoms with Crippen molar-refractivity contribution in [2.45, 2.75) is 26.2 Å². The molecule has 0 N–H and O–H groups in total. The maximum Gasteiger partial charge on any atom is 0.157 e. The van der Waals surface area contributed by atoms with Crippen molar-refractivity contribution in [2.75, 3.05) is 37.6 Å². The number of nitrogens with zero attached hydrogens (tertiary/aromatic N) is 7. The van der Waals surface area contributed by atoms with E-state index in [1.807, 2.05) is 4.68 Å². The lowest BCUT2D eigenvalue weighted by Crippen LogP contribution is -2.47. The van der Waals surface area contributed by atoms with Gasteiger partial charge in [-0.2, -0.15) is 4.68 Å². The van der Waals surface area contributed by atoms with Gasteiger partial charge in [-0.1, -0.05) is 18.2 Å². The van der Waals surface area contributed by atoms with Gasteiger partial charge in [0.05, 0.1) is 11.2 Å². The first kappa shape index (κ1) is 19.4. The van der Waals surface area contributed by atoms with E-state index in [2.05, 4.69) is 80.8 Å². The molecule has 0 amide bonds. The molecular weight excluding hydrogens is 398 g/mol. The minimum absolute atomic E-state index is 0.912. The molecule has 0 unspecified atom stereocenters. The Morgan fingerprint density at radius 1 is 0.875 bits per heavy atom. The predicted octanol–water partition coefficient (Wildman–Crippen LogP) is 2.98. The maximum atomic E-state index is 4.70. The molecule has 4 aromatic rings. The summed E-state index contributed by atoms with van der Waals surface area (Å²) in [5.41, 5.74) is 7.46. The van der Waals surface area contributed by atoms with Crippen molar-refractivity contribution in [1.82, 2.24) is 30.1 Å². The molecule has 0 bridgehead atoms. The Kier molecular flexibility index (Phi) is 4.83. The third-order valence-electron chi connectivity index (χ3n) is 6.87. The highest BCUT2D eigenvalue weighted by molar-refractivity contribution is 5.92. The first-order valence-electron chi connectivity index (χ1n) is 11.5. The van der Waals surface area contributed by atoms with Crippen LogP contribution in [0, 0.1) is 6.92 Å². The smallest absolute Gasteiger partial charge is 0.157 e. The van der Waals surface area contributed by atoms with Crippen molar-refractivity contribution in [2.24, 2.45) is 0 Å². The number of piperazine rings is 1. The molecule has 4 heterocycles. The number of hydrogen-bond donors (Lipinski definition) is 0. The van der Waals surface area contributed by atoms with Gasteiger partial charge in [0.1, 0.15) is 0 Å². The molecule has 0 radical (unpaired) electrons. The summed E-state index contributed by atoms with van der Waals surface area (Å²) >= 11 is 0. The normalized spacial score (nSPS) is 16.2. The molecule has 0 saturated carbocycles. The zero-order valence-corrected chi connectivity index (χ0v) is 18.4. The summed E-state index contributed by atoms with van der Waals surface area (Å²) in [6.45, 7) is 7.41. The summed E-state index contributed by atoms with van der Waals surface area (Å²) in [7, 11) is 0. The topological polar surface area (TPSA) is 63.0 Å². The van der Waals surface area contributed by atoms with Crippen molar-refractivity contribution < 1.29 is 0 Å². The molecule has 162 valence electrons. The third-order valence-corrected chi connectivity index (χ3v) is 6.87. The van der Waals surface area contributed by atoms with Crippen molar-refractivity contribution in [3.63, 3.8) is 0 Å². The summed E-state index contributed by atoms with van der Waals surface area (Å²) in [4.78, 5) is 9.81. The van der Waals surface area contributed by atoms with Gasteiger partial charge in [-0.15, -0.1) is 5.10 Å². The number of anilines is 1. The molecule has 6 rings (SSSR count). The minimum Gasteiger partial charge on any atom is -0.368 e. The molecule has 7 heteroatoms. The van der Waals surface area contributed by atoms with Crippen LogP contribution >= 0.6 is 0 Å². The van der Waals surface area contributed by atoms with E-state index in [1.165, 1.54) is 22.2 Å².